The van der Waals surface area contributed by atoms with Gasteiger partial charge in [-0.2, -0.15) is 0 Å². The first-order valence-corrected chi connectivity index (χ1v) is 6.94. The number of halogens is 1. The Bertz CT molecular complexity index is 570. The Labute approximate surface area is 121 Å². The lowest BCUT2D eigenvalue weighted by Crippen LogP contribution is -2.08. The van der Waals surface area contributed by atoms with Gasteiger partial charge < -0.3 is 10.5 Å². The van der Waals surface area contributed by atoms with Crippen LogP contribution in [0.1, 0.15) is 29.7 Å². The Hall–Kier alpha value is -1.39. The lowest BCUT2D eigenvalue weighted by atomic mass is 10.1. The summed E-state index contributed by atoms with van der Waals surface area (Å²) in [7, 11) is 0. The second kappa shape index (κ2) is 6.17. The monoisotopic (exact) mass is 320 g/mol. The molecule has 1 atom stereocenters. The number of benzene rings is 1. The molecular weight excluding hydrogens is 304 g/mol. The number of ether oxygens (including phenoxy) is 1. The van der Waals surface area contributed by atoms with Gasteiger partial charge in [0.1, 0.15) is 12.4 Å². The van der Waals surface area contributed by atoms with Crippen molar-refractivity contribution in [3.8, 4) is 5.75 Å². The van der Waals surface area contributed by atoms with E-state index in [-0.39, 0.29) is 6.04 Å². The Balaban J connectivity index is 2.17. The number of hydrogen-bond donors (Lipinski definition) is 1. The SMILES string of the molecule is Cc1cncc(COc2cc(Br)ccc2[C@H](C)N)c1. The fourth-order valence-corrected chi connectivity index (χ4v) is 2.21. The molecule has 0 saturated heterocycles. The molecule has 0 aliphatic carbocycles. The van der Waals surface area contributed by atoms with Crippen LogP contribution in [0.25, 0.3) is 0 Å². The fraction of sp³-hybridized carbons (Fsp3) is 0.267. The van der Waals surface area contributed by atoms with Crippen molar-refractivity contribution in [3.05, 3.63) is 57.8 Å². The smallest absolute Gasteiger partial charge is 0.125 e. The van der Waals surface area contributed by atoms with Crippen molar-refractivity contribution in [2.45, 2.75) is 26.5 Å². The molecule has 0 unspecified atom stereocenters. The normalized spacial score (nSPS) is 12.2. The first-order chi connectivity index (χ1) is 9.06. The van der Waals surface area contributed by atoms with Crippen LogP contribution in [-0.2, 0) is 6.61 Å². The van der Waals surface area contributed by atoms with Crippen LogP contribution in [0.3, 0.4) is 0 Å². The molecule has 1 heterocycles. The van der Waals surface area contributed by atoms with E-state index in [1.165, 1.54) is 0 Å². The Morgan fingerprint density at radius 2 is 2.11 bits per heavy atom. The van der Waals surface area contributed by atoms with Crippen LogP contribution in [0.15, 0.2) is 41.1 Å². The summed E-state index contributed by atoms with van der Waals surface area (Å²) in [5.74, 6) is 0.811. The van der Waals surface area contributed by atoms with E-state index in [4.69, 9.17) is 10.5 Å². The highest BCUT2D eigenvalue weighted by Gasteiger charge is 2.09. The second-order valence-corrected chi connectivity index (χ2v) is 5.55. The molecule has 2 rings (SSSR count). The van der Waals surface area contributed by atoms with E-state index < -0.39 is 0 Å². The zero-order valence-electron chi connectivity index (χ0n) is 11.1. The molecule has 4 heteroatoms. The maximum atomic E-state index is 5.95. The molecule has 100 valence electrons. The van der Waals surface area contributed by atoms with Crippen molar-refractivity contribution >= 4 is 15.9 Å². The summed E-state index contributed by atoms with van der Waals surface area (Å²) in [6.07, 6.45) is 3.65. The van der Waals surface area contributed by atoms with Gasteiger partial charge in [0.25, 0.3) is 0 Å². The molecule has 1 aromatic heterocycles. The third-order valence-corrected chi connectivity index (χ3v) is 3.29. The van der Waals surface area contributed by atoms with Crippen LogP contribution < -0.4 is 10.5 Å². The third kappa shape index (κ3) is 3.78. The summed E-state index contributed by atoms with van der Waals surface area (Å²) in [4.78, 5) is 4.16. The minimum absolute atomic E-state index is 0.0567. The summed E-state index contributed by atoms with van der Waals surface area (Å²) in [5, 5.41) is 0. The highest BCUT2D eigenvalue weighted by molar-refractivity contribution is 9.10. The molecule has 0 radical (unpaired) electrons. The molecule has 1 aromatic carbocycles. The molecule has 3 nitrogen and oxygen atoms in total. The van der Waals surface area contributed by atoms with Gasteiger partial charge in [0.05, 0.1) is 0 Å². The van der Waals surface area contributed by atoms with E-state index >= 15 is 0 Å². The maximum Gasteiger partial charge on any atom is 0.125 e. The zero-order valence-corrected chi connectivity index (χ0v) is 12.6. The molecule has 0 bridgehead atoms. The first-order valence-electron chi connectivity index (χ1n) is 6.14. The number of rotatable bonds is 4. The predicted molar refractivity (Wildman–Crippen MR) is 80.1 cm³/mol. The largest absolute Gasteiger partial charge is 0.488 e. The molecule has 0 aliphatic rings. The Morgan fingerprint density at radius 1 is 1.32 bits per heavy atom. The van der Waals surface area contributed by atoms with Crippen molar-refractivity contribution in [1.82, 2.24) is 4.98 Å². The van der Waals surface area contributed by atoms with Crippen LogP contribution >= 0.6 is 15.9 Å². The van der Waals surface area contributed by atoms with E-state index in [1.807, 2.05) is 44.4 Å². The average molecular weight is 321 g/mol. The second-order valence-electron chi connectivity index (χ2n) is 4.63. The van der Waals surface area contributed by atoms with Gasteiger partial charge in [-0.3, -0.25) is 4.98 Å². The van der Waals surface area contributed by atoms with E-state index in [0.29, 0.717) is 6.61 Å². The standard InChI is InChI=1S/C15H17BrN2O/c1-10-5-12(8-18-7-10)9-19-15-6-13(16)3-4-14(15)11(2)17/h3-8,11H,9,17H2,1-2H3/t11-/m0/s1. The number of hydrogen-bond acceptors (Lipinski definition) is 3. The molecular formula is C15H17BrN2O. The number of aromatic nitrogens is 1. The quantitative estimate of drug-likeness (QED) is 0.933. The van der Waals surface area contributed by atoms with Gasteiger partial charge in [0.2, 0.25) is 0 Å². The topological polar surface area (TPSA) is 48.1 Å². The lowest BCUT2D eigenvalue weighted by Gasteiger charge is -2.14. The fourth-order valence-electron chi connectivity index (χ4n) is 1.87. The summed E-state index contributed by atoms with van der Waals surface area (Å²) in [6.45, 7) is 4.46. The third-order valence-electron chi connectivity index (χ3n) is 2.79. The molecule has 0 aliphatic heterocycles. The number of aryl methyl sites for hydroxylation is 1. The Morgan fingerprint density at radius 3 is 2.79 bits per heavy atom. The average Bonchev–Trinajstić information content (AvgIpc) is 2.36. The van der Waals surface area contributed by atoms with Crippen LogP contribution in [-0.4, -0.2) is 4.98 Å². The van der Waals surface area contributed by atoms with Crippen LogP contribution in [0.5, 0.6) is 5.75 Å². The van der Waals surface area contributed by atoms with E-state index in [2.05, 4.69) is 27.0 Å². The molecule has 2 aromatic rings. The van der Waals surface area contributed by atoms with Gasteiger partial charge in [-0.1, -0.05) is 22.0 Å². The summed E-state index contributed by atoms with van der Waals surface area (Å²) in [5.41, 5.74) is 9.13. The van der Waals surface area contributed by atoms with Crippen molar-refractivity contribution in [2.75, 3.05) is 0 Å². The van der Waals surface area contributed by atoms with Gasteiger partial charge >= 0.3 is 0 Å². The van der Waals surface area contributed by atoms with Gasteiger partial charge in [-0.25, -0.2) is 0 Å². The van der Waals surface area contributed by atoms with Crippen LogP contribution in [0.4, 0.5) is 0 Å². The molecule has 0 amide bonds. The first kappa shape index (κ1) is 14.0. The van der Waals surface area contributed by atoms with Gasteiger partial charge in [0.15, 0.2) is 0 Å². The van der Waals surface area contributed by atoms with E-state index in [9.17, 15) is 0 Å². The van der Waals surface area contributed by atoms with Crippen LogP contribution in [0.2, 0.25) is 0 Å². The molecule has 2 N–H and O–H groups in total. The van der Waals surface area contributed by atoms with Crippen molar-refractivity contribution in [2.24, 2.45) is 5.73 Å². The number of nitrogens with zero attached hydrogens (tertiary/aromatic N) is 1. The summed E-state index contributed by atoms with van der Waals surface area (Å²) >= 11 is 3.45. The predicted octanol–water partition coefficient (Wildman–Crippen LogP) is 3.75. The molecule has 0 fully saturated rings. The number of nitrogens with two attached hydrogens (primary N) is 1. The van der Waals surface area contributed by atoms with Crippen LogP contribution in [0, 0.1) is 6.92 Å². The molecule has 19 heavy (non-hydrogen) atoms. The van der Waals surface area contributed by atoms with Crippen molar-refractivity contribution < 1.29 is 4.74 Å². The Kier molecular flexibility index (Phi) is 4.56. The highest BCUT2D eigenvalue weighted by atomic mass is 79.9. The summed E-state index contributed by atoms with van der Waals surface area (Å²) < 4.78 is 6.85. The molecule has 0 saturated carbocycles. The lowest BCUT2D eigenvalue weighted by molar-refractivity contribution is 0.301. The maximum absolute atomic E-state index is 5.95. The molecule has 0 spiro atoms. The van der Waals surface area contributed by atoms with Gasteiger partial charge in [0, 0.05) is 34.0 Å². The van der Waals surface area contributed by atoms with Gasteiger partial charge in [-0.05, 0) is 37.6 Å². The minimum Gasteiger partial charge on any atom is -0.488 e. The van der Waals surface area contributed by atoms with E-state index in [0.717, 1.165) is 26.9 Å². The minimum atomic E-state index is -0.0567. The van der Waals surface area contributed by atoms with Crippen molar-refractivity contribution in [1.29, 1.82) is 0 Å². The highest BCUT2D eigenvalue weighted by Crippen LogP contribution is 2.28. The van der Waals surface area contributed by atoms with Crippen molar-refractivity contribution in [3.63, 3.8) is 0 Å². The van der Waals surface area contributed by atoms with E-state index in [1.54, 1.807) is 0 Å². The zero-order chi connectivity index (χ0) is 13.8. The summed E-state index contributed by atoms with van der Waals surface area (Å²) in [6, 6.07) is 7.91. The van der Waals surface area contributed by atoms with Gasteiger partial charge in [-0.15, -0.1) is 0 Å². The number of pyridine rings is 1.